The summed E-state index contributed by atoms with van der Waals surface area (Å²) in [6, 6.07) is 14.0. The van der Waals surface area contributed by atoms with Crippen LogP contribution in [0.3, 0.4) is 0 Å². The van der Waals surface area contributed by atoms with Crippen LogP contribution in [0.5, 0.6) is 0 Å². The lowest BCUT2D eigenvalue weighted by molar-refractivity contribution is -0.131. The molecule has 0 spiro atoms. The lowest BCUT2D eigenvalue weighted by Crippen LogP contribution is -2.49. The fourth-order valence-corrected chi connectivity index (χ4v) is 5.15. The Hall–Kier alpha value is -3.94. The molecule has 3 aromatic heterocycles. The van der Waals surface area contributed by atoms with Gasteiger partial charge in [0, 0.05) is 56.8 Å². The fraction of sp³-hybridized carbons (Fsp3) is 0.357. The van der Waals surface area contributed by atoms with Crippen LogP contribution in [0.15, 0.2) is 53.5 Å². The monoisotopic (exact) mass is 484 g/mol. The van der Waals surface area contributed by atoms with Gasteiger partial charge in [0.05, 0.1) is 11.4 Å². The van der Waals surface area contributed by atoms with Gasteiger partial charge in [-0.2, -0.15) is 5.10 Å². The largest absolute Gasteiger partial charge is 0.353 e. The van der Waals surface area contributed by atoms with Gasteiger partial charge in [-0.3, -0.25) is 14.2 Å². The maximum atomic E-state index is 13.4. The lowest BCUT2D eigenvalue weighted by Gasteiger charge is -2.35. The van der Waals surface area contributed by atoms with E-state index in [1.165, 1.54) is 5.56 Å². The SMILES string of the molecule is Cc1ccc(-n2nc(C)c3c(C)c(CCC(=O)N4CCN(c5ccccn5)CC4)c(=O)n(C)c32)cc1. The van der Waals surface area contributed by atoms with Crippen LogP contribution >= 0.6 is 0 Å². The smallest absolute Gasteiger partial charge is 0.255 e. The first kappa shape index (κ1) is 23.8. The van der Waals surface area contributed by atoms with Crippen LogP contribution in [0, 0.1) is 20.8 Å². The van der Waals surface area contributed by atoms with Crippen LogP contribution < -0.4 is 10.5 Å². The maximum absolute atomic E-state index is 13.4. The van der Waals surface area contributed by atoms with E-state index >= 15 is 0 Å². The van der Waals surface area contributed by atoms with Gasteiger partial charge >= 0.3 is 0 Å². The third kappa shape index (κ3) is 4.27. The minimum absolute atomic E-state index is 0.0685. The Balaban J connectivity index is 1.35. The van der Waals surface area contributed by atoms with Crippen molar-refractivity contribution in [3.8, 4) is 5.69 Å². The van der Waals surface area contributed by atoms with Gasteiger partial charge in [-0.05, 0) is 57.0 Å². The second-order valence-corrected chi connectivity index (χ2v) is 9.55. The molecule has 1 aromatic carbocycles. The van der Waals surface area contributed by atoms with Crippen LogP contribution in [-0.4, -0.2) is 56.3 Å². The molecule has 0 aliphatic carbocycles. The Morgan fingerprint density at radius 2 is 1.69 bits per heavy atom. The number of benzene rings is 1. The first-order valence-electron chi connectivity index (χ1n) is 12.4. The molecule has 4 aromatic rings. The summed E-state index contributed by atoms with van der Waals surface area (Å²) in [6.07, 6.45) is 2.53. The van der Waals surface area contributed by atoms with Crippen molar-refractivity contribution in [2.24, 2.45) is 7.05 Å². The number of hydrogen-bond acceptors (Lipinski definition) is 5. The van der Waals surface area contributed by atoms with Crippen molar-refractivity contribution in [2.45, 2.75) is 33.6 Å². The number of nitrogens with zero attached hydrogens (tertiary/aromatic N) is 6. The molecule has 1 aliphatic heterocycles. The van der Waals surface area contributed by atoms with Crippen LogP contribution in [0.2, 0.25) is 0 Å². The van der Waals surface area contributed by atoms with Gasteiger partial charge in [0.2, 0.25) is 5.91 Å². The molecule has 0 radical (unpaired) electrons. The van der Waals surface area contributed by atoms with Crippen LogP contribution in [-0.2, 0) is 18.3 Å². The molecular weight excluding hydrogens is 452 g/mol. The summed E-state index contributed by atoms with van der Waals surface area (Å²) < 4.78 is 3.52. The van der Waals surface area contributed by atoms with E-state index in [4.69, 9.17) is 5.10 Å². The number of anilines is 1. The lowest BCUT2D eigenvalue weighted by atomic mass is 10.0. The summed E-state index contributed by atoms with van der Waals surface area (Å²) in [4.78, 5) is 35.0. The second kappa shape index (κ2) is 9.60. The number of rotatable bonds is 5. The van der Waals surface area contributed by atoms with Crippen LogP contribution in [0.1, 0.15) is 28.8 Å². The van der Waals surface area contributed by atoms with E-state index in [-0.39, 0.29) is 11.5 Å². The van der Waals surface area contributed by atoms with Crippen molar-refractivity contribution < 1.29 is 4.79 Å². The molecule has 8 nitrogen and oxygen atoms in total. The second-order valence-electron chi connectivity index (χ2n) is 9.55. The van der Waals surface area contributed by atoms with Crippen LogP contribution in [0.4, 0.5) is 5.82 Å². The molecule has 8 heteroatoms. The molecule has 4 heterocycles. The van der Waals surface area contributed by atoms with Crippen molar-refractivity contribution in [3.05, 3.63) is 81.4 Å². The Morgan fingerprint density at radius 3 is 2.36 bits per heavy atom. The van der Waals surface area contributed by atoms with E-state index in [9.17, 15) is 9.59 Å². The van der Waals surface area contributed by atoms with E-state index in [2.05, 4.69) is 9.88 Å². The average Bonchev–Trinajstić information content (AvgIpc) is 3.25. The van der Waals surface area contributed by atoms with Crippen molar-refractivity contribution in [1.82, 2.24) is 24.2 Å². The topological polar surface area (TPSA) is 76.3 Å². The number of carbonyl (C=O) groups excluding carboxylic acids is 1. The zero-order valence-corrected chi connectivity index (χ0v) is 21.4. The highest BCUT2D eigenvalue weighted by Gasteiger charge is 2.24. The molecule has 186 valence electrons. The highest BCUT2D eigenvalue weighted by molar-refractivity contribution is 5.85. The first-order valence-corrected chi connectivity index (χ1v) is 12.4. The normalized spacial score (nSPS) is 14.0. The maximum Gasteiger partial charge on any atom is 0.255 e. The number of hydrogen-bond donors (Lipinski definition) is 0. The van der Waals surface area contributed by atoms with E-state index < -0.39 is 0 Å². The molecule has 1 amide bonds. The molecule has 0 bridgehead atoms. The van der Waals surface area contributed by atoms with Gasteiger partial charge in [0.15, 0.2) is 0 Å². The van der Waals surface area contributed by atoms with Gasteiger partial charge in [-0.1, -0.05) is 23.8 Å². The predicted octanol–water partition coefficient (Wildman–Crippen LogP) is 3.33. The molecule has 36 heavy (non-hydrogen) atoms. The first-order chi connectivity index (χ1) is 17.3. The molecule has 0 unspecified atom stereocenters. The molecule has 1 aliphatic rings. The quantitative estimate of drug-likeness (QED) is 0.434. The van der Waals surface area contributed by atoms with Gasteiger partial charge in [-0.25, -0.2) is 9.67 Å². The molecule has 0 atom stereocenters. The Bertz CT molecular complexity index is 1460. The number of fused-ring (bicyclic) bond motifs is 1. The van der Waals surface area contributed by atoms with Crippen LogP contribution in [0.25, 0.3) is 16.7 Å². The van der Waals surface area contributed by atoms with Crippen molar-refractivity contribution in [3.63, 3.8) is 0 Å². The molecule has 0 saturated carbocycles. The Morgan fingerprint density at radius 1 is 0.972 bits per heavy atom. The number of amides is 1. The number of aromatic nitrogens is 4. The predicted molar refractivity (Wildman–Crippen MR) is 142 cm³/mol. The summed E-state index contributed by atoms with van der Waals surface area (Å²) >= 11 is 0. The van der Waals surface area contributed by atoms with Crippen molar-refractivity contribution in [2.75, 3.05) is 31.1 Å². The highest BCUT2D eigenvalue weighted by Crippen LogP contribution is 2.26. The van der Waals surface area contributed by atoms with E-state index in [1.807, 2.05) is 72.8 Å². The molecule has 0 N–H and O–H groups in total. The summed E-state index contributed by atoms with van der Waals surface area (Å²) in [5, 5.41) is 5.74. The van der Waals surface area contributed by atoms with E-state index in [0.29, 0.717) is 31.5 Å². The molecule has 1 saturated heterocycles. The fourth-order valence-electron chi connectivity index (χ4n) is 5.15. The molecule has 1 fully saturated rings. The summed E-state index contributed by atoms with van der Waals surface area (Å²) in [5.41, 5.74) is 5.27. The van der Waals surface area contributed by atoms with Gasteiger partial charge in [0.25, 0.3) is 5.56 Å². The standard InChI is InChI=1S/C28H32N6O2/c1-19-8-10-22(11-9-19)34-27-26(21(3)30-34)20(2)23(28(36)31(27)4)12-13-25(35)33-17-15-32(16-18-33)24-7-5-6-14-29-24/h5-11,14H,12-13,15-18H2,1-4H3. The zero-order valence-electron chi connectivity index (χ0n) is 21.4. The summed E-state index contributed by atoms with van der Waals surface area (Å²) in [6.45, 7) is 8.83. The number of pyridine rings is 2. The van der Waals surface area contributed by atoms with Crippen molar-refractivity contribution in [1.29, 1.82) is 0 Å². The number of piperazine rings is 1. The molecule has 5 rings (SSSR count). The Labute approximate surface area is 210 Å². The third-order valence-corrected chi connectivity index (χ3v) is 7.22. The van der Waals surface area contributed by atoms with Gasteiger partial charge in [0.1, 0.15) is 11.5 Å². The van der Waals surface area contributed by atoms with E-state index in [0.717, 1.165) is 46.9 Å². The average molecular weight is 485 g/mol. The minimum Gasteiger partial charge on any atom is -0.353 e. The van der Waals surface area contributed by atoms with Gasteiger partial charge < -0.3 is 9.80 Å². The van der Waals surface area contributed by atoms with Gasteiger partial charge in [-0.15, -0.1) is 0 Å². The summed E-state index contributed by atoms with van der Waals surface area (Å²) in [5.74, 6) is 1.03. The zero-order chi connectivity index (χ0) is 25.4. The Kier molecular flexibility index (Phi) is 6.35. The van der Waals surface area contributed by atoms with Crippen molar-refractivity contribution >= 4 is 22.8 Å². The van der Waals surface area contributed by atoms with E-state index in [1.54, 1.807) is 17.8 Å². The highest BCUT2D eigenvalue weighted by atomic mass is 16.2. The number of carbonyl (C=O) groups is 1. The molecular formula is C28H32N6O2. The summed E-state index contributed by atoms with van der Waals surface area (Å²) in [7, 11) is 1.79. The minimum atomic E-state index is -0.0685. The third-order valence-electron chi connectivity index (χ3n) is 7.22. The number of aryl methyl sites for hydroxylation is 4.